The van der Waals surface area contributed by atoms with Crippen molar-refractivity contribution in [2.75, 3.05) is 5.73 Å². The second-order valence-corrected chi connectivity index (χ2v) is 7.13. The van der Waals surface area contributed by atoms with E-state index in [1.807, 2.05) is 0 Å². The molecule has 1 heterocycles. The van der Waals surface area contributed by atoms with Crippen LogP contribution in [-0.4, -0.2) is 15.0 Å². The van der Waals surface area contributed by atoms with Gasteiger partial charge in [-0.3, -0.25) is 0 Å². The molecule has 0 saturated heterocycles. The third-order valence-corrected chi connectivity index (χ3v) is 4.25. The quantitative estimate of drug-likeness (QED) is 0.911. The maximum atomic E-state index is 5.88. The summed E-state index contributed by atoms with van der Waals surface area (Å²) in [5, 5.41) is 0. The van der Waals surface area contributed by atoms with Crippen LogP contribution in [0, 0.1) is 5.92 Å². The predicted octanol–water partition coefficient (Wildman–Crippen LogP) is 3.83. The first kappa shape index (κ1) is 15.2. The van der Waals surface area contributed by atoms with Crippen LogP contribution in [0.1, 0.15) is 83.8 Å². The van der Waals surface area contributed by atoms with Gasteiger partial charge in [-0.2, -0.15) is 9.97 Å². The summed E-state index contributed by atoms with van der Waals surface area (Å²) in [5.74, 6) is 3.47. The van der Waals surface area contributed by atoms with Crippen LogP contribution < -0.4 is 5.73 Å². The minimum absolute atomic E-state index is 0.0782. The molecule has 1 aromatic heterocycles. The van der Waals surface area contributed by atoms with E-state index in [9.17, 15) is 0 Å². The van der Waals surface area contributed by atoms with Crippen LogP contribution in [-0.2, 0) is 5.41 Å². The lowest BCUT2D eigenvalue weighted by Gasteiger charge is -2.28. The molecule has 112 valence electrons. The lowest BCUT2D eigenvalue weighted by atomic mass is 9.79. The van der Waals surface area contributed by atoms with Crippen LogP contribution in [0.25, 0.3) is 0 Å². The first-order valence-electron chi connectivity index (χ1n) is 7.92. The number of hydrogen-bond acceptors (Lipinski definition) is 4. The highest BCUT2D eigenvalue weighted by atomic mass is 15.1. The van der Waals surface area contributed by atoms with E-state index < -0.39 is 0 Å². The molecule has 1 saturated carbocycles. The smallest absolute Gasteiger partial charge is 0.223 e. The molecule has 4 nitrogen and oxygen atoms in total. The van der Waals surface area contributed by atoms with E-state index in [-0.39, 0.29) is 5.41 Å². The van der Waals surface area contributed by atoms with Crippen LogP contribution in [0.2, 0.25) is 0 Å². The molecule has 0 spiro atoms. The SMILES string of the molecule is CCCC1CCC(c2nc(N)nc(C(C)(C)C)n2)CC1. The highest BCUT2D eigenvalue weighted by Crippen LogP contribution is 2.36. The summed E-state index contributed by atoms with van der Waals surface area (Å²) in [5.41, 5.74) is 5.80. The van der Waals surface area contributed by atoms with Gasteiger partial charge in [0.05, 0.1) is 0 Å². The van der Waals surface area contributed by atoms with E-state index in [1.54, 1.807) is 0 Å². The maximum absolute atomic E-state index is 5.88. The van der Waals surface area contributed by atoms with Crippen LogP contribution in [0.4, 0.5) is 5.95 Å². The summed E-state index contributed by atoms with van der Waals surface area (Å²) in [4.78, 5) is 13.4. The molecule has 1 aliphatic carbocycles. The zero-order chi connectivity index (χ0) is 14.8. The van der Waals surface area contributed by atoms with E-state index in [0.29, 0.717) is 11.9 Å². The molecule has 2 rings (SSSR count). The summed E-state index contributed by atoms with van der Waals surface area (Å²) in [6.45, 7) is 8.62. The van der Waals surface area contributed by atoms with Crippen LogP contribution in [0.3, 0.4) is 0 Å². The second kappa shape index (κ2) is 6.06. The Morgan fingerprint density at radius 3 is 2.25 bits per heavy atom. The Kier molecular flexibility index (Phi) is 4.61. The molecule has 4 heteroatoms. The first-order chi connectivity index (χ1) is 9.40. The van der Waals surface area contributed by atoms with Crippen molar-refractivity contribution in [2.24, 2.45) is 5.92 Å². The minimum atomic E-state index is -0.0782. The summed E-state index contributed by atoms with van der Waals surface area (Å²) in [6, 6.07) is 0. The van der Waals surface area contributed by atoms with E-state index in [0.717, 1.165) is 17.6 Å². The van der Waals surface area contributed by atoms with Crippen LogP contribution in [0.5, 0.6) is 0 Å². The standard InChI is InChI=1S/C16H28N4/c1-5-6-11-7-9-12(10-8-11)13-18-14(16(2,3)4)20-15(17)19-13/h11-12H,5-10H2,1-4H3,(H2,17,18,19,20). The molecule has 0 radical (unpaired) electrons. The lowest BCUT2D eigenvalue weighted by molar-refractivity contribution is 0.301. The number of nitrogen functional groups attached to an aromatic ring is 1. The Hall–Kier alpha value is -1.19. The van der Waals surface area contributed by atoms with Gasteiger partial charge in [0.2, 0.25) is 5.95 Å². The topological polar surface area (TPSA) is 64.7 Å². The molecule has 0 unspecified atom stereocenters. The average molecular weight is 276 g/mol. The number of nitrogens with zero attached hydrogens (tertiary/aromatic N) is 3. The zero-order valence-corrected chi connectivity index (χ0v) is 13.3. The van der Waals surface area contributed by atoms with Gasteiger partial charge in [0.15, 0.2) is 0 Å². The van der Waals surface area contributed by atoms with Crippen molar-refractivity contribution in [3.8, 4) is 0 Å². The molecule has 0 bridgehead atoms. The largest absolute Gasteiger partial charge is 0.368 e. The van der Waals surface area contributed by atoms with Crippen molar-refractivity contribution in [1.29, 1.82) is 0 Å². The maximum Gasteiger partial charge on any atom is 0.223 e. The van der Waals surface area contributed by atoms with Crippen molar-refractivity contribution in [2.45, 2.75) is 77.6 Å². The van der Waals surface area contributed by atoms with Gasteiger partial charge in [-0.25, -0.2) is 4.98 Å². The van der Waals surface area contributed by atoms with Crippen molar-refractivity contribution < 1.29 is 0 Å². The van der Waals surface area contributed by atoms with Crippen LogP contribution >= 0.6 is 0 Å². The second-order valence-electron chi connectivity index (χ2n) is 7.13. The van der Waals surface area contributed by atoms with Gasteiger partial charge in [-0.15, -0.1) is 0 Å². The Labute approximate surface area is 122 Å². The molecular formula is C16H28N4. The molecule has 20 heavy (non-hydrogen) atoms. The number of hydrogen-bond donors (Lipinski definition) is 1. The summed E-state index contributed by atoms with van der Waals surface area (Å²) in [7, 11) is 0. The fourth-order valence-electron chi connectivity index (χ4n) is 3.04. The van der Waals surface area contributed by atoms with E-state index >= 15 is 0 Å². The molecule has 0 amide bonds. The summed E-state index contributed by atoms with van der Waals surface area (Å²) >= 11 is 0. The summed E-state index contributed by atoms with van der Waals surface area (Å²) in [6.07, 6.45) is 7.64. The average Bonchev–Trinajstić information content (AvgIpc) is 2.38. The molecule has 2 N–H and O–H groups in total. The zero-order valence-electron chi connectivity index (χ0n) is 13.3. The predicted molar refractivity (Wildman–Crippen MR) is 82.5 cm³/mol. The Bertz CT molecular complexity index is 442. The van der Waals surface area contributed by atoms with Gasteiger partial charge in [0.25, 0.3) is 0 Å². The van der Waals surface area contributed by atoms with Crippen molar-refractivity contribution in [3.63, 3.8) is 0 Å². The Morgan fingerprint density at radius 1 is 1.05 bits per heavy atom. The van der Waals surface area contributed by atoms with Crippen LogP contribution in [0.15, 0.2) is 0 Å². The molecule has 0 aromatic carbocycles. The third-order valence-electron chi connectivity index (χ3n) is 4.25. The number of anilines is 1. The van der Waals surface area contributed by atoms with Gasteiger partial charge in [-0.05, 0) is 31.6 Å². The van der Waals surface area contributed by atoms with Gasteiger partial charge in [0, 0.05) is 11.3 Å². The molecule has 0 atom stereocenters. The van der Waals surface area contributed by atoms with Crippen molar-refractivity contribution in [3.05, 3.63) is 11.6 Å². The molecule has 1 aromatic rings. The normalized spacial score (nSPS) is 23.8. The molecule has 0 aliphatic heterocycles. The third kappa shape index (κ3) is 3.68. The lowest BCUT2D eigenvalue weighted by Crippen LogP contribution is -2.22. The Balaban J connectivity index is 2.12. The van der Waals surface area contributed by atoms with Gasteiger partial charge in [0.1, 0.15) is 11.6 Å². The van der Waals surface area contributed by atoms with Gasteiger partial charge >= 0.3 is 0 Å². The van der Waals surface area contributed by atoms with E-state index in [1.165, 1.54) is 38.5 Å². The van der Waals surface area contributed by atoms with E-state index in [4.69, 9.17) is 10.7 Å². The van der Waals surface area contributed by atoms with Gasteiger partial charge in [-0.1, -0.05) is 40.5 Å². The Morgan fingerprint density at radius 2 is 1.70 bits per heavy atom. The summed E-state index contributed by atoms with van der Waals surface area (Å²) < 4.78 is 0. The molecule has 1 fully saturated rings. The minimum Gasteiger partial charge on any atom is -0.368 e. The first-order valence-corrected chi connectivity index (χ1v) is 7.92. The van der Waals surface area contributed by atoms with Crippen molar-refractivity contribution >= 4 is 5.95 Å². The van der Waals surface area contributed by atoms with Gasteiger partial charge < -0.3 is 5.73 Å². The molecule has 1 aliphatic rings. The number of rotatable bonds is 3. The number of aromatic nitrogens is 3. The van der Waals surface area contributed by atoms with E-state index in [2.05, 4.69) is 37.7 Å². The highest BCUT2D eigenvalue weighted by molar-refractivity contribution is 5.20. The monoisotopic (exact) mass is 276 g/mol. The highest BCUT2D eigenvalue weighted by Gasteiger charge is 2.26. The molecular weight excluding hydrogens is 248 g/mol. The van der Waals surface area contributed by atoms with Crippen molar-refractivity contribution in [1.82, 2.24) is 15.0 Å². The fourth-order valence-corrected chi connectivity index (χ4v) is 3.04. The number of nitrogens with two attached hydrogens (primary N) is 1. The fraction of sp³-hybridized carbons (Fsp3) is 0.812.